The minimum absolute atomic E-state index is 0.0134. The van der Waals surface area contributed by atoms with Gasteiger partial charge in [-0.2, -0.15) is 0 Å². The maximum atomic E-state index is 12.6. The lowest BCUT2D eigenvalue weighted by molar-refractivity contribution is -0.0180. The van der Waals surface area contributed by atoms with Gasteiger partial charge in [0, 0.05) is 21.8 Å². The molecule has 27 heavy (non-hydrogen) atoms. The molecule has 1 aromatic carbocycles. The third-order valence-corrected chi connectivity index (χ3v) is 4.45. The second-order valence-corrected chi connectivity index (χ2v) is 6.52. The van der Waals surface area contributed by atoms with Gasteiger partial charge >= 0.3 is 11.9 Å². The topological polar surface area (TPSA) is 86.9 Å². The van der Waals surface area contributed by atoms with Crippen molar-refractivity contribution in [2.75, 3.05) is 13.4 Å². The molecule has 0 bridgehead atoms. The van der Waals surface area contributed by atoms with Gasteiger partial charge in [0.2, 0.25) is 0 Å². The molecule has 0 saturated heterocycles. The molecule has 7 nitrogen and oxygen atoms in total. The monoisotopic (exact) mass is 393 g/mol. The number of rotatable bonds is 5. The first kappa shape index (κ1) is 19.3. The van der Waals surface area contributed by atoms with Crippen LogP contribution in [0.15, 0.2) is 12.1 Å². The van der Waals surface area contributed by atoms with E-state index in [2.05, 4.69) is 4.98 Å². The molecule has 0 unspecified atom stereocenters. The highest BCUT2D eigenvalue weighted by Gasteiger charge is 2.24. The number of halogens is 1. The molecule has 0 fully saturated rings. The van der Waals surface area contributed by atoms with E-state index in [-0.39, 0.29) is 25.7 Å². The SMILES string of the molecule is CCOC(=O)c1[nH]c(C)c(C(=O)OCc2cc(Cl)cc3c2OCOC3)c1C. The fourth-order valence-electron chi connectivity index (χ4n) is 3.04. The van der Waals surface area contributed by atoms with Gasteiger partial charge in [0.1, 0.15) is 18.1 Å². The van der Waals surface area contributed by atoms with Gasteiger partial charge in [-0.3, -0.25) is 0 Å². The Morgan fingerprint density at radius 1 is 1.22 bits per heavy atom. The first-order valence-electron chi connectivity index (χ1n) is 8.47. The second-order valence-electron chi connectivity index (χ2n) is 6.09. The highest BCUT2D eigenvalue weighted by Crippen LogP contribution is 2.32. The molecule has 0 saturated carbocycles. The molecule has 8 heteroatoms. The third-order valence-electron chi connectivity index (χ3n) is 4.23. The van der Waals surface area contributed by atoms with Crippen molar-refractivity contribution in [3.63, 3.8) is 0 Å². The van der Waals surface area contributed by atoms with E-state index in [9.17, 15) is 9.59 Å². The quantitative estimate of drug-likeness (QED) is 0.779. The smallest absolute Gasteiger partial charge is 0.355 e. The minimum Gasteiger partial charge on any atom is -0.467 e. The molecule has 3 rings (SSSR count). The van der Waals surface area contributed by atoms with Crippen molar-refractivity contribution in [1.29, 1.82) is 0 Å². The average molecular weight is 394 g/mol. The Bertz CT molecular complexity index is 889. The van der Waals surface area contributed by atoms with E-state index in [1.165, 1.54) is 0 Å². The Balaban J connectivity index is 1.79. The summed E-state index contributed by atoms with van der Waals surface area (Å²) in [5.41, 5.74) is 3.07. The molecular weight excluding hydrogens is 374 g/mol. The number of aromatic nitrogens is 1. The molecule has 2 aromatic rings. The first-order valence-corrected chi connectivity index (χ1v) is 8.85. The number of carbonyl (C=O) groups is 2. The van der Waals surface area contributed by atoms with Crippen LogP contribution in [0.2, 0.25) is 5.02 Å². The van der Waals surface area contributed by atoms with Crippen LogP contribution in [0.4, 0.5) is 0 Å². The second kappa shape index (κ2) is 8.02. The highest BCUT2D eigenvalue weighted by molar-refractivity contribution is 6.30. The summed E-state index contributed by atoms with van der Waals surface area (Å²) in [6.45, 7) is 5.85. The lowest BCUT2D eigenvalue weighted by Gasteiger charge is -2.21. The van der Waals surface area contributed by atoms with E-state index in [0.29, 0.717) is 39.8 Å². The summed E-state index contributed by atoms with van der Waals surface area (Å²) < 4.78 is 21.2. The molecule has 1 aliphatic rings. The van der Waals surface area contributed by atoms with Crippen LogP contribution in [0, 0.1) is 13.8 Å². The predicted molar refractivity (Wildman–Crippen MR) is 97.1 cm³/mol. The summed E-state index contributed by atoms with van der Waals surface area (Å²) in [6.07, 6.45) is 0. The summed E-state index contributed by atoms with van der Waals surface area (Å²) in [5.74, 6) is -0.430. The zero-order valence-electron chi connectivity index (χ0n) is 15.3. The van der Waals surface area contributed by atoms with Crippen LogP contribution in [0.5, 0.6) is 5.75 Å². The number of aromatic amines is 1. The van der Waals surface area contributed by atoms with Crippen LogP contribution in [-0.2, 0) is 27.4 Å². The number of nitrogens with one attached hydrogen (secondary N) is 1. The van der Waals surface area contributed by atoms with Crippen molar-refractivity contribution in [3.8, 4) is 5.75 Å². The van der Waals surface area contributed by atoms with Gasteiger partial charge in [-0.15, -0.1) is 0 Å². The zero-order chi connectivity index (χ0) is 19.6. The fraction of sp³-hybridized carbons (Fsp3) is 0.368. The Morgan fingerprint density at radius 2 is 2.00 bits per heavy atom. The predicted octanol–water partition coefficient (Wildman–Crippen LogP) is 3.69. The maximum Gasteiger partial charge on any atom is 0.355 e. The molecule has 0 aliphatic carbocycles. The van der Waals surface area contributed by atoms with E-state index >= 15 is 0 Å². The van der Waals surface area contributed by atoms with Crippen molar-refractivity contribution in [2.45, 2.75) is 34.0 Å². The summed E-state index contributed by atoms with van der Waals surface area (Å²) in [5, 5.41) is 0.507. The summed E-state index contributed by atoms with van der Waals surface area (Å²) in [6, 6.07) is 3.45. The Labute approximate surface area is 161 Å². The third kappa shape index (κ3) is 3.94. The molecule has 0 atom stereocenters. The van der Waals surface area contributed by atoms with Gasteiger partial charge < -0.3 is 23.9 Å². The molecule has 0 amide bonds. The van der Waals surface area contributed by atoms with Crippen LogP contribution >= 0.6 is 11.6 Å². The molecule has 1 aromatic heterocycles. The zero-order valence-corrected chi connectivity index (χ0v) is 16.1. The van der Waals surface area contributed by atoms with Crippen LogP contribution in [0.3, 0.4) is 0 Å². The van der Waals surface area contributed by atoms with Crippen LogP contribution in [-0.4, -0.2) is 30.3 Å². The number of hydrogen-bond donors (Lipinski definition) is 1. The molecule has 144 valence electrons. The number of fused-ring (bicyclic) bond motifs is 1. The average Bonchev–Trinajstić information content (AvgIpc) is 2.94. The fourth-order valence-corrected chi connectivity index (χ4v) is 3.31. The summed E-state index contributed by atoms with van der Waals surface area (Å²) in [4.78, 5) is 27.5. The van der Waals surface area contributed by atoms with Crippen LogP contribution < -0.4 is 4.74 Å². The Hall–Kier alpha value is -2.51. The summed E-state index contributed by atoms with van der Waals surface area (Å²) >= 11 is 6.12. The Kier molecular flexibility index (Phi) is 5.72. The standard InChI is InChI=1S/C19H20ClNO6/c1-4-25-19(23)16-10(2)15(11(3)21-16)18(22)26-8-13-6-14(20)5-12-7-24-9-27-17(12)13/h5-6,21H,4,7-9H2,1-3H3. The van der Waals surface area contributed by atoms with Gasteiger partial charge in [-0.25, -0.2) is 9.59 Å². The Morgan fingerprint density at radius 3 is 2.74 bits per heavy atom. The molecular formula is C19H20ClNO6. The van der Waals surface area contributed by atoms with Crippen molar-refractivity contribution in [3.05, 3.63) is 50.8 Å². The van der Waals surface area contributed by atoms with Crippen molar-refractivity contribution >= 4 is 23.5 Å². The number of hydrogen-bond acceptors (Lipinski definition) is 6. The van der Waals surface area contributed by atoms with E-state index in [1.54, 1.807) is 32.9 Å². The van der Waals surface area contributed by atoms with Gasteiger partial charge in [0.15, 0.2) is 6.79 Å². The molecule has 1 N–H and O–H groups in total. The normalized spacial score (nSPS) is 12.9. The van der Waals surface area contributed by atoms with Gasteiger partial charge in [-0.1, -0.05) is 11.6 Å². The van der Waals surface area contributed by atoms with Crippen molar-refractivity contribution < 1.29 is 28.5 Å². The van der Waals surface area contributed by atoms with Crippen LogP contribution in [0.1, 0.15) is 50.2 Å². The minimum atomic E-state index is -0.544. The maximum absolute atomic E-state index is 12.6. The lowest BCUT2D eigenvalue weighted by atomic mass is 10.1. The number of carbonyl (C=O) groups excluding carboxylic acids is 2. The number of esters is 2. The van der Waals surface area contributed by atoms with E-state index in [4.69, 9.17) is 30.5 Å². The molecule has 0 spiro atoms. The lowest BCUT2D eigenvalue weighted by Crippen LogP contribution is -2.15. The van der Waals surface area contributed by atoms with E-state index in [1.807, 2.05) is 0 Å². The van der Waals surface area contributed by atoms with Gasteiger partial charge in [-0.05, 0) is 38.5 Å². The number of benzene rings is 1. The number of ether oxygens (including phenoxy) is 4. The summed E-state index contributed by atoms with van der Waals surface area (Å²) in [7, 11) is 0. The highest BCUT2D eigenvalue weighted by atomic mass is 35.5. The van der Waals surface area contributed by atoms with E-state index < -0.39 is 11.9 Å². The van der Waals surface area contributed by atoms with Gasteiger partial charge in [0.25, 0.3) is 0 Å². The molecule has 0 radical (unpaired) electrons. The van der Waals surface area contributed by atoms with Crippen molar-refractivity contribution in [2.24, 2.45) is 0 Å². The van der Waals surface area contributed by atoms with Crippen molar-refractivity contribution in [1.82, 2.24) is 4.98 Å². The molecule has 1 aliphatic heterocycles. The number of aryl methyl sites for hydroxylation is 1. The molecule has 2 heterocycles. The largest absolute Gasteiger partial charge is 0.467 e. The van der Waals surface area contributed by atoms with Gasteiger partial charge in [0.05, 0.1) is 18.8 Å². The van der Waals surface area contributed by atoms with Crippen LogP contribution in [0.25, 0.3) is 0 Å². The first-order chi connectivity index (χ1) is 12.9. The van der Waals surface area contributed by atoms with E-state index in [0.717, 1.165) is 5.56 Å². The number of H-pyrrole nitrogens is 1.